The van der Waals surface area contributed by atoms with Crippen molar-refractivity contribution in [3.8, 4) is 0 Å². The number of carbonyl (C=O) groups is 1. The van der Waals surface area contributed by atoms with Gasteiger partial charge < -0.3 is 5.32 Å². The molecule has 0 saturated carbocycles. The monoisotopic (exact) mass is 354 g/mol. The Morgan fingerprint density at radius 3 is 2.77 bits per heavy atom. The molecule has 0 bridgehead atoms. The highest BCUT2D eigenvalue weighted by Crippen LogP contribution is 2.17. The molecule has 0 unspecified atom stereocenters. The lowest BCUT2D eigenvalue weighted by atomic mass is 10.1. The highest BCUT2D eigenvalue weighted by atomic mass is 19.1. The van der Waals surface area contributed by atoms with Gasteiger partial charge in [0.25, 0.3) is 0 Å². The van der Waals surface area contributed by atoms with Crippen molar-refractivity contribution in [2.75, 3.05) is 6.54 Å². The fourth-order valence-corrected chi connectivity index (χ4v) is 3.17. The number of aromatic nitrogens is 3. The van der Waals surface area contributed by atoms with E-state index in [-0.39, 0.29) is 11.7 Å². The Morgan fingerprint density at radius 2 is 2.00 bits per heavy atom. The van der Waals surface area contributed by atoms with E-state index in [4.69, 9.17) is 0 Å². The molecule has 0 aliphatic rings. The lowest BCUT2D eigenvalue weighted by Gasteiger charge is -2.11. The zero-order valence-electron chi connectivity index (χ0n) is 15.3. The molecular formula is C20H23FN4O. The summed E-state index contributed by atoms with van der Waals surface area (Å²) < 4.78 is 15.0. The first-order valence-electron chi connectivity index (χ1n) is 8.77. The molecule has 1 N–H and O–H groups in total. The molecule has 1 aromatic carbocycles. The molecule has 2 heterocycles. The molecule has 0 radical (unpaired) electrons. The lowest BCUT2D eigenvalue weighted by Crippen LogP contribution is -2.26. The number of carbonyl (C=O) groups excluding carboxylic acids is 1. The van der Waals surface area contributed by atoms with Crippen molar-refractivity contribution in [1.29, 1.82) is 0 Å². The van der Waals surface area contributed by atoms with Crippen LogP contribution in [0.25, 0.3) is 5.65 Å². The molecule has 0 saturated heterocycles. The van der Waals surface area contributed by atoms with Gasteiger partial charge in [-0.05, 0) is 56.9 Å². The van der Waals surface area contributed by atoms with Crippen LogP contribution in [0, 0.1) is 26.6 Å². The Hall–Kier alpha value is -2.76. The summed E-state index contributed by atoms with van der Waals surface area (Å²) in [6.45, 7) is 6.41. The zero-order chi connectivity index (χ0) is 18.7. The van der Waals surface area contributed by atoms with Gasteiger partial charge >= 0.3 is 0 Å². The van der Waals surface area contributed by atoms with Crippen molar-refractivity contribution in [2.45, 2.75) is 40.0 Å². The van der Waals surface area contributed by atoms with Crippen molar-refractivity contribution < 1.29 is 9.18 Å². The Bertz CT molecular complexity index is 948. The summed E-state index contributed by atoms with van der Waals surface area (Å²) in [6.07, 6.45) is 1.62. The van der Waals surface area contributed by atoms with Crippen LogP contribution in [0.5, 0.6) is 0 Å². The third-order valence-corrected chi connectivity index (χ3v) is 4.51. The summed E-state index contributed by atoms with van der Waals surface area (Å²) >= 11 is 0. The molecule has 0 aliphatic carbocycles. The minimum atomic E-state index is -0.253. The van der Waals surface area contributed by atoms with E-state index in [1.54, 1.807) is 6.07 Å². The topological polar surface area (TPSA) is 59.3 Å². The summed E-state index contributed by atoms with van der Waals surface area (Å²) in [5, 5.41) is 7.35. The minimum absolute atomic E-state index is 0.0167. The maximum atomic E-state index is 13.1. The van der Waals surface area contributed by atoms with Gasteiger partial charge in [0.2, 0.25) is 5.91 Å². The number of nitrogens with one attached hydrogen (secondary N) is 1. The molecule has 0 fully saturated rings. The zero-order valence-corrected chi connectivity index (χ0v) is 15.3. The van der Waals surface area contributed by atoms with E-state index >= 15 is 0 Å². The van der Waals surface area contributed by atoms with Crippen molar-refractivity contribution in [3.63, 3.8) is 0 Å². The number of nitrogens with zero attached hydrogens (tertiary/aromatic N) is 3. The second kappa shape index (κ2) is 7.64. The number of hydrogen-bond donors (Lipinski definition) is 1. The van der Waals surface area contributed by atoms with E-state index in [0.717, 1.165) is 33.9 Å². The molecular weight excluding hydrogens is 331 g/mol. The SMILES string of the molecule is Cc1cc2nc(C)c(CCC(=O)NCCc3cccc(F)c3)c(C)n2n1. The van der Waals surface area contributed by atoms with E-state index in [0.29, 0.717) is 25.8 Å². The van der Waals surface area contributed by atoms with Crippen LogP contribution in [0.4, 0.5) is 4.39 Å². The third-order valence-electron chi connectivity index (χ3n) is 4.51. The van der Waals surface area contributed by atoms with Gasteiger partial charge in [0.05, 0.1) is 5.69 Å². The van der Waals surface area contributed by atoms with Crippen LogP contribution in [0.1, 0.15) is 34.6 Å². The highest BCUT2D eigenvalue weighted by Gasteiger charge is 2.12. The summed E-state index contributed by atoms with van der Waals surface area (Å²) in [5.41, 5.74) is 5.64. The minimum Gasteiger partial charge on any atom is -0.356 e. The second-order valence-corrected chi connectivity index (χ2v) is 6.55. The van der Waals surface area contributed by atoms with Gasteiger partial charge in [-0.15, -0.1) is 0 Å². The number of rotatable bonds is 6. The molecule has 5 nitrogen and oxygen atoms in total. The van der Waals surface area contributed by atoms with Gasteiger partial charge in [0.15, 0.2) is 5.65 Å². The third kappa shape index (κ3) is 4.07. The first kappa shape index (κ1) is 18.0. The number of fused-ring (bicyclic) bond motifs is 1. The second-order valence-electron chi connectivity index (χ2n) is 6.55. The molecule has 26 heavy (non-hydrogen) atoms. The molecule has 2 aromatic heterocycles. The predicted octanol–water partition coefficient (Wildman–Crippen LogP) is 3.09. The molecule has 3 aromatic rings. The summed E-state index contributed by atoms with van der Waals surface area (Å²) in [6, 6.07) is 8.39. The number of halogens is 1. The molecule has 3 rings (SSSR count). The molecule has 0 atom stereocenters. The first-order chi connectivity index (χ1) is 12.4. The average molecular weight is 354 g/mol. The lowest BCUT2D eigenvalue weighted by molar-refractivity contribution is -0.121. The maximum Gasteiger partial charge on any atom is 0.220 e. The van der Waals surface area contributed by atoms with Crippen molar-refractivity contribution in [2.24, 2.45) is 0 Å². The molecule has 136 valence electrons. The molecule has 1 amide bonds. The van der Waals surface area contributed by atoms with E-state index in [9.17, 15) is 9.18 Å². The van der Waals surface area contributed by atoms with Gasteiger partial charge in [-0.3, -0.25) is 4.79 Å². The fraction of sp³-hybridized carbons (Fsp3) is 0.350. The highest BCUT2D eigenvalue weighted by molar-refractivity contribution is 5.76. The van der Waals surface area contributed by atoms with Crippen LogP contribution >= 0.6 is 0 Å². The number of benzene rings is 1. The predicted molar refractivity (Wildman–Crippen MR) is 98.6 cm³/mol. The summed E-state index contributed by atoms with van der Waals surface area (Å²) in [5.74, 6) is -0.270. The Balaban J connectivity index is 1.56. The largest absolute Gasteiger partial charge is 0.356 e. The van der Waals surface area contributed by atoms with Gasteiger partial charge in [-0.1, -0.05) is 12.1 Å². The summed E-state index contributed by atoms with van der Waals surface area (Å²) in [7, 11) is 0. The Kier molecular flexibility index (Phi) is 5.30. The van der Waals surface area contributed by atoms with Crippen LogP contribution in [-0.4, -0.2) is 27.0 Å². The Labute approximate surface area is 152 Å². The number of amides is 1. The van der Waals surface area contributed by atoms with Crippen molar-refractivity contribution in [1.82, 2.24) is 19.9 Å². The van der Waals surface area contributed by atoms with E-state index in [1.165, 1.54) is 12.1 Å². The van der Waals surface area contributed by atoms with Crippen molar-refractivity contribution >= 4 is 11.6 Å². The average Bonchev–Trinajstić information content (AvgIpc) is 2.95. The standard InChI is InChI=1S/C20H23FN4O/c1-13-11-19-23-14(2)18(15(3)25(19)24-13)7-8-20(26)22-10-9-16-5-4-6-17(21)12-16/h4-6,11-12H,7-10H2,1-3H3,(H,22,26). The number of aryl methyl sites for hydroxylation is 3. The maximum absolute atomic E-state index is 13.1. The van der Waals surface area contributed by atoms with Gasteiger partial charge in [-0.2, -0.15) is 5.10 Å². The van der Waals surface area contributed by atoms with E-state index in [2.05, 4.69) is 15.4 Å². The van der Waals surface area contributed by atoms with E-state index in [1.807, 2.05) is 37.4 Å². The first-order valence-corrected chi connectivity index (χ1v) is 8.77. The van der Waals surface area contributed by atoms with Crippen LogP contribution in [0.2, 0.25) is 0 Å². The molecule has 0 aliphatic heterocycles. The normalized spacial score (nSPS) is 11.1. The fourth-order valence-electron chi connectivity index (χ4n) is 3.17. The van der Waals surface area contributed by atoms with Gasteiger partial charge in [-0.25, -0.2) is 13.9 Å². The summed E-state index contributed by atoms with van der Waals surface area (Å²) in [4.78, 5) is 16.7. The van der Waals surface area contributed by atoms with Crippen LogP contribution in [0.3, 0.4) is 0 Å². The molecule has 0 spiro atoms. The number of hydrogen-bond acceptors (Lipinski definition) is 3. The van der Waals surface area contributed by atoms with Crippen LogP contribution in [-0.2, 0) is 17.6 Å². The van der Waals surface area contributed by atoms with Crippen molar-refractivity contribution in [3.05, 3.63) is 64.4 Å². The van der Waals surface area contributed by atoms with Crippen LogP contribution in [0.15, 0.2) is 30.3 Å². The van der Waals surface area contributed by atoms with Gasteiger partial charge in [0, 0.05) is 30.4 Å². The Morgan fingerprint density at radius 1 is 1.19 bits per heavy atom. The van der Waals surface area contributed by atoms with Crippen LogP contribution < -0.4 is 5.32 Å². The van der Waals surface area contributed by atoms with E-state index < -0.39 is 0 Å². The smallest absolute Gasteiger partial charge is 0.220 e. The van der Waals surface area contributed by atoms with Gasteiger partial charge in [0.1, 0.15) is 5.82 Å². The quantitative estimate of drug-likeness (QED) is 0.740. The molecule has 6 heteroatoms.